The number of allylic oxidation sites excluding steroid dienone is 2. The Morgan fingerprint density at radius 1 is 0.306 bits per heavy atom. The Morgan fingerprint density at radius 2 is 0.750 bits per heavy atom. The van der Waals surface area contributed by atoms with Crippen LogP contribution in [0.5, 0.6) is 0 Å². The van der Waals surface area contributed by atoms with E-state index in [2.05, 4.69) is 284 Å². The zero-order valence-electron chi connectivity index (χ0n) is 39.6. The molecule has 2 unspecified atom stereocenters. The van der Waals surface area contributed by atoms with Crippen molar-refractivity contribution in [2.45, 2.75) is 12.1 Å². The molecule has 0 aliphatic carbocycles. The lowest BCUT2D eigenvalue weighted by molar-refractivity contribution is 0.787. The standard InChI is InChI=1S/C69H49N3/c1-6-20-49(21-7-1)65-64(66(50-22-8-2-9-23-50)68(53-26-12-4-13-27-53)72-67(65)52-24-10-3-11-25-52)51-40-38-48(39-41-51)63-45-62(70-69(71-63)54-28-14-5-15-29-54)47-36-34-46(35-37-47)55-42-43-60-58-32-17-16-30-56(58)57-31-18-19-33-59(57)61(60)44-55/h1-45,63,67,72H,(H,70,71). The maximum absolute atomic E-state index is 5.41. The van der Waals surface area contributed by atoms with Gasteiger partial charge in [-0.2, -0.15) is 0 Å². The third kappa shape index (κ3) is 7.88. The topological polar surface area (TPSA) is 36.4 Å². The number of hydrogen-bond acceptors (Lipinski definition) is 3. The molecule has 0 amide bonds. The highest BCUT2D eigenvalue weighted by Gasteiger charge is 2.33. The average Bonchev–Trinajstić information content (AvgIpc) is 3.47. The number of rotatable bonds is 9. The summed E-state index contributed by atoms with van der Waals surface area (Å²) in [6, 6.07) is 96.1. The fourth-order valence-electron chi connectivity index (χ4n) is 10.9. The van der Waals surface area contributed by atoms with E-state index in [0.717, 1.165) is 50.6 Å². The molecule has 2 aliphatic heterocycles. The summed E-state index contributed by atoms with van der Waals surface area (Å²) in [5, 5.41) is 15.5. The minimum Gasteiger partial charge on any atom is -0.373 e. The van der Waals surface area contributed by atoms with Gasteiger partial charge in [0.1, 0.15) is 5.84 Å². The number of fused-ring (bicyclic) bond motifs is 6. The van der Waals surface area contributed by atoms with Crippen molar-refractivity contribution in [2.24, 2.45) is 4.99 Å². The third-order valence-electron chi connectivity index (χ3n) is 14.4. The lowest BCUT2D eigenvalue weighted by atomic mass is 9.77. The molecule has 3 nitrogen and oxygen atoms in total. The average molecular weight is 920 g/mol. The molecule has 2 aliphatic rings. The van der Waals surface area contributed by atoms with E-state index in [0.29, 0.717) is 0 Å². The van der Waals surface area contributed by atoms with Crippen molar-refractivity contribution in [1.29, 1.82) is 0 Å². The highest BCUT2D eigenvalue weighted by molar-refractivity contribution is 6.26. The first-order valence-corrected chi connectivity index (χ1v) is 24.8. The second kappa shape index (κ2) is 18.5. The molecule has 0 saturated heterocycles. The smallest absolute Gasteiger partial charge is 0.133 e. The van der Waals surface area contributed by atoms with Gasteiger partial charge in [0.25, 0.3) is 0 Å². The van der Waals surface area contributed by atoms with Crippen molar-refractivity contribution in [3.63, 3.8) is 0 Å². The second-order valence-electron chi connectivity index (χ2n) is 18.7. The van der Waals surface area contributed by atoms with Crippen LogP contribution in [0.15, 0.2) is 278 Å². The predicted octanol–water partition coefficient (Wildman–Crippen LogP) is 16.8. The number of aliphatic imine (C=N–C) groups is 1. The van der Waals surface area contributed by atoms with Crippen molar-refractivity contribution in [2.75, 3.05) is 0 Å². The van der Waals surface area contributed by atoms with Gasteiger partial charge in [0.05, 0.1) is 17.8 Å². The van der Waals surface area contributed by atoms with Crippen LogP contribution in [0.3, 0.4) is 0 Å². The number of benzene rings is 11. The van der Waals surface area contributed by atoms with Gasteiger partial charge in [0, 0.05) is 16.8 Å². The third-order valence-corrected chi connectivity index (χ3v) is 14.4. The van der Waals surface area contributed by atoms with Gasteiger partial charge in [-0.15, -0.1) is 0 Å². The minimum absolute atomic E-state index is 0.119. The molecule has 72 heavy (non-hydrogen) atoms. The maximum Gasteiger partial charge on any atom is 0.133 e. The predicted molar refractivity (Wildman–Crippen MR) is 303 cm³/mol. The molecule has 2 heterocycles. The lowest BCUT2D eigenvalue weighted by Crippen LogP contribution is -2.28. The Balaban J connectivity index is 0.917. The van der Waals surface area contributed by atoms with Crippen LogP contribution in [0.4, 0.5) is 0 Å². The van der Waals surface area contributed by atoms with Gasteiger partial charge >= 0.3 is 0 Å². The van der Waals surface area contributed by atoms with Gasteiger partial charge in [-0.25, -0.2) is 0 Å². The number of amidine groups is 1. The summed E-state index contributed by atoms with van der Waals surface area (Å²) in [5.41, 5.74) is 17.2. The first-order valence-electron chi connectivity index (χ1n) is 24.8. The quantitative estimate of drug-likeness (QED) is 0.142. The number of nitrogens with zero attached hydrogens (tertiary/aromatic N) is 1. The summed E-state index contributed by atoms with van der Waals surface area (Å²) >= 11 is 0. The van der Waals surface area contributed by atoms with Gasteiger partial charge in [0.15, 0.2) is 0 Å². The summed E-state index contributed by atoms with van der Waals surface area (Å²) in [5.74, 6) is 0.847. The molecular weight excluding hydrogens is 871 g/mol. The Labute approximate surface area is 420 Å². The summed E-state index contributed by atoms with van der Waals surface area (Å²) < 4.78 is 0. The highest BCUT2D eigenvalue weighted by atomic mass is 15.0. The number of dihydropyridines is 1. The van der Waals surface area contributed by atoms with E-state index in [1.807, 2.05) is 0 Å². The molecule has 0 saturated carbocycles. The largest absolute Gasteiger partial charge is 0.373 e. The van der Waals surface area contributed by atoms with Gasteiger partial charge < -0.3 is 10.6 Å². The molecule has 0 spiro atoms. The Hall–Kier alpha value is -9.31. The van der Waals surface area contributed by atoms with Crippen molar-refractivity contribution in [3.8, 4) is 11.1 Å². The first-order chi connectivity index (χ1) is 35.7. The SMILES string of the molecule is C1=C(c2ccc(-c3ccc4c5ccccc5c5ccccc5c4c3)cc2)NC(c2ccccc2)=NC1c1ccc(C2=C(c3ccccc3)C(c3ccccc3)NC(c3ccccc3)=C2c2ccccc2)cc1. The van der Waals surface area contributed by atoms with Gasteiger partial charge in [0.2, 0.25) is 0 Å². The van der Waals surface area contributed by atoms with Crippen LogP contribution >= 0.6 is 0 Å². The Kier molecular flexibility index (Phi) is 11.0. The first kappa shape index (κ1) is 42.8. The Morgan fingerprint density at radius 3 is 1.35 bits per heavy atom. The van der Waals surface area contributed by atoms with Crippen LogP contribution in [0.2, 0.25) is 0 Å². The molecule has 13 rings (SSSR count). The van der Waals surface area contributed by atoms with Crippen LogP contribution < -0.4 is 10.6 Å². The van der Waals surface area contributed by atoms with Crippen molar-refractivity contribution >= 4 is 66.3 Å². The van der Waals surface area contributed by atoms with Gasteiger partial charge in [-0.3, -0.25) is 4.99 Å². The molecule has 11 aromatic rings. The molecule has 11 aromatic carbocycles. The highest BCUT2D eigenvalue weighted by Crippen LogP contribution is 2.50. The number of nitrogens with one attached hydrogen (secondary N) is 2. The molecule has 340 valence electrons. The van der Waals surface area contributed by atoms with Crippen molar-refractivity contribution < 1.29 is 0 Å². The summed E-state index contributed by atoms with van der Waals surface area (Å²) in [4.78, 5) is 5.41. The van der Waals surface area contributed by atoms with Crippen LogP contribution in [-0.2, 0) is 0 Å². The van der Waals surface area contributed by atoms with E-state index in [1.54, 1.807) is 0 Å². The second-order valence-corrected chi connectivity index (χ2v) is 18.7. The molecule has 0 aromatic heterocycles. The number of hydrogen-bond donors (Lipinski definition) is 2. The summed E-state index contributed by atoms with van der Waals surface area (Å²) in [6.07, 6.45) is 2.27. The lowest BCUT2D eigenvalue weighted by Gasteiger charge is -2.36. The molecule has 0 radical (unpaired) electrons. The van der Waals surface area contributed by atoms with E-state index < -0.39 is 0 Å². The van der Waals surface area contributed by atoms with Gasteiger partial charge in [-0.1, -0.05) is 261 Å². The van der Waals surface area contributed by atoms with Crippen LogP contribution in [0.25, 0.3) is 71.6 Å². The monoisotopic (exact) mass is 919 g/mol. The summed E-state index contributed by atoms with van der Waals surface area (Å²) in [7, 11) is 0. The summed E-state index contributed by atoms with van der Waals surface area (Å²) in [6.45, 7) is 0. The fraction of sp³-hybridized carbons (Fsp3) is 0.0290. The van der Waals surface area contributed by atoms with E-state index in [-0.39, 0.29) is 12.1 Å². The van der Waals surface area contributed by atoms with Crippen LogP contribution in [0.1, 0.15) is 56.6 Å². The van der Waals surface area contributed by atoms with Crippen molar-refractivity contribution in [3.05, 3.63) is 318 Å². The zero-order valence-corrected chi connectivity index (χ0v) is 39.6. The normalized spacial score (nSPS) is 15.8. The molecular formula is C69H49N3. The van der Waals surface area contributed by atoms with Crippen LogP contribution in [-0.4, -0.2) is 5.84 Å². The van der Waals surface area contributed by atoms with E-state index in [4.69, 9.17) is 4.99 Å². The molecule has 0 bridgehead atoms. The van der Waals surface area contributed by atoms with Crippen molar-refractivity contribution in [1.82, 2.24) is 10.6 Å². The molecule has 2 N–H and O–H groups in total. The molecule has 3 heteroatoms. The molecule has 2 atom stereocenters. The van der Waals surface area contributed by atoms with Gasteiger partial charge in [-0.05, 0) is 106 Å². The van der Waals surface area contributed by atoms with E-state index in [9.17, 15) is 0 Å². The zero-order chi connectivity index (χ0) is 47.8. The van der Waals surface area contributed by atoms with Crippen LogP contribution in [0, 0.1) is 0 Å². The van der Waals surface area contributed by atoms with E-state index >= 15 is 0 Å². The fourth-order valence-corrected chi connectivity index (χ4v) is 10.9. The van der Waals surface area contributed by atoms with E-state index in [1.165, 1.54) is 71.3 Å². The maximum atomic E-state index is 5.41. The Bertz CT molecular complexity index is 3880. The molecule has 0 fully saturated rings. The minimum atomic E-state index is -0.231.